The van der Waals surface area contributed by atoms with Gasteiger partial charge in [0, 0.05) is 6.42 Å². The van der Waals surface area contributed by atoms with Crippen LogP contribution >= 0.6 is 7.82 Å². The van der Waals surface area contributed by atoms with Gasteiger partial charge < -0.3 is 43.9 Å². The molecule has 0 radical (unpaired) electrons. The Morgan fingerprint density at radius 2 is 1.09 bits per heavy atom. The third-order valence-electron chi connectivity index (χ3n) is 12.5. The van der Waals surface area contributed by atoms with Crippen molar-refractivity contribution in [2.24, 2.45) is 0 Å². The number of hydrogen-bond acceptors (Lipinski definition) is 13. The van der Waals surface area contributed by atoms with Crippen LogP contribution in [0.3, 0.4) is 0 Å². The average molecular weight is 990 g/mol. The van der Waals surface area contributed by atoms with Gasteiger partial charge in [0.1, 0.15) is 35.9 Å². The maximum atomic E-state index is 14.8. The number of esters is 2. The molecule has 14 nitrogen and oxygen atoms in total. The number of phosphoric acid groups is 1. The Labute approximate surface area is 413 Å². The topological polar surface area (TPSA) is 196 Å². The van der Waals surface area contributed by atoms with E-state index < -0.39 is 75.1 Å². The van der Waals surface area contributed by atoms with Crippen LogP contribution in [0.15, 0.2) is 60.7 Å². The fourth-order valence-corrected chi connectivity index (χ4v) is 10.00. The minimum absolute atomic E-state index is 0.111. The van der Waals surface area contributed by atoms with Crippen molar-refractivity contribution in [3.63, 3.8) is 0 Å². The highest BCUT2D eigenvalue weighted by Crippen LogP contribution is 2.52. The Balaban J connectivity index is 1.86. The highest BCUT2D eigenvalue weighted by molar-refractivity contribution is 7.49. The van der Waals surface area contributed by atoms with Crippen molar-refractivity contribution in [2.45, 2.75) is 243 Å². The molecule has 69 heavy (non-hydrogen) atoms. The molecule has 0 aromatic heterocycles. The van der Waals surface area contributed by atoms with Crippen LogP contribution in [0, 0.1) is 0 Å². The lowest BCUT2D eigenvalue weighted by Crippen LogP contribution is -2.66. The standard InChI is InChI=1S/C54H88NO13P/c1-4-7-10-13-16-17-20-21-26-33-43(57)40-48(58)55-51-53(65-50(60)41-46(38-27-22-18-14-11-8-5-2)63-49(59)39-32-23-19-15-12-9-6-3)52(47(42-56)64-54(51)61)68-69(62,66-44-34-28-24-29-35-44)67-45-36-30-25-31-37-45/h24-25,28-31,34-37,43,46-47,51-54,56-57,61H,4-23,26-27,32-33,38-42H2,1-3H3,(H,55,58)/t43?,46?,47-,51-,52-,53-,54?/m1/s1. The van der Waals surface area contributed by atoms with Crippen LogP contribution in [0.25, 0.3) is 0 Å². The number of rotatable bonds is 40. The van der Waals surface area contributed by atoms with Crippen molar-refractivity contribution in [2.75, 3.05) is 6.61 Å². The maximum absolute atomic E-state index is 14.8. The first-order valence-corrected chi connectivity index (χ1v) is 28.0. The van der Waals surface area contributed by atoms with E-state index in [1.165, 1.54) is 75.6 Å². The Hall–Kier alpha value is -3.52. The second-order valence-electron chi connectivity index (χ2n) is 18.7. The van der Waals surface area contributed by atoms with Crippen molar-refractivity contribution in [1.82, 2.24) is 5.32 Å². The minimum Gasteiger partial charge on any atom is -0.462 e. The number of aliphatic hydroxyl groups excluding tert-OH is 3. The summed E-state index contributed by atoms with van der Waals surface area (Å²) in [5.74, 6) is -1.72. The van der Waals surface area contributed by atoms with Gasteiger partial charge in [-0.15, -0.1) is 0 Å². The fourth-order valence-electron chi connectivity index (χ4n) is 8.56. The molecule has 1 fully saturated rings. The molecule has 1 heterocycles. The molecule has 4 N–H and O–H groups in total. The lowest BCUT2D eigenvalue weighted by molar-refractivity contribution is -0.256. The fraction of sp³-hybridized carbons (Fsp3) is 0.722. The van der Waals surface area contributed by atoms with Gasteiger partial charge in [0.2, 0.25) is 5.91 Å². The van der Waals surface area contributed by atoms with E-state index in [9.17, 15) is 34.3 Å². The number of nitrogens with one attached hydrogen (secondary N) is 1. The lowest BCUT2D eigenvalue weighted by Gasteiger charge is -2.44. The van der Waals surface area contributed by atoms with Crippen LogP contribution < -0.4 is 14.4 Å². The molecule has 3 rings (SSSR count). The summed E-state index contributed by atoms with van der Waals surface area (Å²) < 4.78 is 50.6. The number of unbranched alkanes of at least 4 members (excludes halogenated alkanes) is 20. The van der Waals surface area contributed by atoms with Crippen molar-refractivity contribution in [3.8, 4) is 11.5 Å². The van der Waals surface area contributed by atoms with Crippen molar-refractivity contribution in [3.05, 3.63) is 60.7 Å². The number of benzene rings is 2. The van der Waals surface area contributed by atoms with E-state index in [1.807, 2.05) is 0 Å². The van der Waals surface area contributed by atoms with Crippen LogP contribution in [0.2, 0.25) is 0 Å². The first-order valence-electron chi connectivity index (χ1n) is 26.6. The molecule has 7 atom stereocenters. The number of aliphatic hydroxyl groups is 3. The highest BCUT2D eigenvalue weighted by atomic mass is 31.2. The molecule has 0 saturated carbocycles. The Bertz CT molecular complexity index is 1640. The zero-order valence-corrected chi connectivity index (χ0v) is 43.1. The molecule has 1 amide bonds. The number of ether oxygens (including phenoxy) is 3. The molecule has 392 valence electrons. The molecular weight excluding hydrogens is 902 g/mol. The molecule has 1 aliphatic rings. The number of hydrogen-bond donors (Lipinski definition) is 4. The number of carbonyl (C=O) groups is 3. The summed E-state index contributed by atoms with van der Waals surface area (Å²) in [5, 5.41) is 35.7. The van der Waals surface area contributed by atoms with Gasteiger partial charge in [-0.3, -0.25) is 18.9 Å². The predicted molar refractivity (Wildman–Crippen MR) is 269 cm³/mol. The van der Waals surface area contributed by atoms with Gasteiger partial charge in [-0.2, -0.15) is 0 Å². The largest absolute Gasteiger partial charge is 0.588 e. The van der Waals surface area contributed by atoms with E-state index in [0.29, 0.717) is 25.7 Å². The van der Waals surface area contributed by atoms with Crippen molar-refractivity contribution >= 4 is 25.7 Å². The molecule has 3 unspecified atom stereocenters. The summed E-state index contributed by atoms with van der Waals surface area (Å²) in [4.78, 5) is 41.1. The summed E-state index contributed by atoms with van der Waals surface area (Å²) in [6.07, 6.45) is 16.2. The van der Waals surface area contributed by atoms with Gasteiger partial charge in [0.15, 0.2) is 12.4 Å². The average Bonchev–Trinajstić information content (AvgIpc) is 3.32. The number of para-hydroxylation sites is 2. The van der Waals surface area contributed by atoms with Crippen molar-refractivity contribution in [1.29, 1.82) is 0 Å². The number of phosphoric ester groups is 1. The summed E-state index contributed by atoms with van der Waals surface area (Å²) in [5.41, 5.74) is 0. The van der Waals surface area contributed by atoms with E-state index in [0.717, 1.165) is 83.5 Å². The molecule has 0 bridgehead atoms. The Morgan fingerprint density at radius 1 is 0.623 bits per heavy atom. The first-order chi connectivity index (χ1) is 33.5. The highest BCUT2D eigenvalue weighted by Gasteiger charge is 2.53. The molecule has 2 aromatic carbocycles. The summed E-state index contributed by atoms with van der Waals surface area (Å²) in [6, 6.07) is 14.7. The Morgan fingerprint density at radius 3 is 1.58 bits per heavy atom. The van der Waals surface area contributed by atoms with Crippen LogP contribution in [-0.2, 0) is 37.7 Å². The van der Waals surface area contributed by atoms with Gasteiger partial charge in [-0.1, -0.05) is 192 Å². The van der Waals surface area contributed by atoms with Gasteiger partial charge in [-0.05, 0) is 49.9 Å². The third kappa shape index (κ3) is 26.0. The smallest absolute Gasteiger partial charge is 0.462 e. The predicted octanol–water partition coefficient (Wildman–Crippen LogP) is 12.0. The van der Waals surface area contributed by atoms with E-state index in [-0.39, 0.29) is 30.8 Å². The zero-order chi connectivity index (χ0) is 50.0. The van der Waals surface area contributed by atoms with Gasteiger partial charge in [0.25, 0.3) is 0 Å². The second-order valence-corrected chi connectivity index (χ2v) is 20.2. The van der Waals surface area contributed by atoms with E-state index in [4.69, 9.17) is 27.8 Å². The normalized spacial score (nSPS) is 19.1. The molecule has 0 spiro atoms. The van der Waals surface area contributed by atoms with Crippen molar-refractivity contribution < 1.29 is 62.1 Å². The molecule has 15 heteroatoms. The van der Waals surface area contributed by atoms with Crippen LogP contribution in [0.4, 0.5) is 0 Å². The van der Waals surface area contributed by atoms with Crippen LogP contribution in [0.5, 0.6) is 11.5 Å². The SMILES string of the molecule is CCCCCCCCCCCC(O)CC(=O)N[C@H]1C(O)O[C@H](CO)[C@@H](OP(=O)(Oc2ccccc2)Oc2ccccc2)[C@@H]1OC(=O)CC(CCCCCCCCC)OC(=O)CCCCCCCCC. The lowest BCUT2D eigenvalue weighted by atomic mass is 9.96. The zero-order valence-electron chi connectivity index (χ0n) is 42.2. The quantitative estimate of drug-likeness (QED) is 0.0280. The summed E-state index contributed by atoms with van der Waals surface area (Å²) in [7, 11) is -4.78. The van der Waals surface area contributed by atoms with E-state index in [2.05, 4.69) is 26.1 Å². The van der Waals surface area contributed by atoms with Crippen LogP contribution in [0.1, 0.15) is 201 Å². The molecule has 1 aliphatic heterocycles. The molecular formula is C54H88NO13P. The minimum atomic E-state index is -4.78. The number of carbonyl (C=O) groups excluding carboxylic acids is 3. The monoisotopic (exact) mass is 990 g/mol. The summed E-state index contributed by atoms with van der Waals surface area (Å²) >= 11 is 0. The van der Waals surface area contributed by atoms with Gasteiger partial charge in [0.05, 0.1) is 25.6 Å². The second kappa shape index (κ2) is 36.4. The van der Waals surface area contributed by atoms with Gasteiger partial charge in [-0.25, -0.2) is 4.57 Å². The summed E-state index contributed by atoms with van der Waals surface area (Å²) in [6.45, 7) is 5.73. The van der Waals surface area contributed by atoms with E-state index in [1.54, 1.807) is 36.4 Å². The Kier molecular flexibility index (Phi) is 31.5. The number of amides is 1. The van der Waals surface area contributed by atoms with Crippen LogP contribution in [-0.4, -0.2) is 82.6 Å². The maximum Gasteiger partial charge on any atom is 0.588 e. The molecule has 2 aromatic rings. The first kappa shape index (κ1) is 59.8. The van der Waals surface area contributed by atoms with E-state index >= 15 is 0 Å². The third-order valence-corrected chi connectivity index (χ3v) is 13.9. The van der Waals surface area contributed by atoms with Gasteiger partial charge >= 0.3 is 19.8 Å². The molecule has 0 aliphatic carbocycles. The molecule has 1 saturated heterocycles.